The molecular weight excluding hydrogens is 333 g/mol. The van der Waals surface area contributed by atoms with E-state index in [1.54, 1.807) is 0 Å². The zero-order chi connectivity index (χ0) is 16.8. The van der Waals surface area contributed by atoms with Crippen LogP contribution in [0.25, 0.3) is 0 Å². The number of hydrogen-bond acceptors (Lipinski definition) is 1. The second kappa shape index (κ2) is 4.80. The Labute approximate surface area is 100 Å². The van der Waals surface area contributed by atoms with E-state index in [2.05, 4.69) is 0 Å². The summed E-state index contributed by atoms with van der Waals surface area (Å²) in [5.74, 6) is -13.7. The van der Waals surface area contributed by atoms with Crippen LogP contribution in [-0.2, 0) is 0 Å². The molecule has 0 heterocycles. The van der Waals surface area contributed by atoms with Crippen LogP contribution >= 0.6 is 0 Å². The third-order valence-electron chi connectivity index (χ3n) is 1.78. The average molecular weight is 335 g/mol. The maximum atomic E-state index is 12.5. The number of nitrogens with zero attached hydrogens (tertiary/aromatic N) is 1. The Morgan fingerprint density at radius 3 is 1.05 bits per heavy atom. The lowest BCUT2D eigenvalue weighted by Gasteiger charge is -2.34. The number of halogens is 13. The van der Waals surface area contributed by atoms with E-state index in [0.29, 0.717) is 0 Å². The van der Waals surface area contributed by atoms with Gasteiger partial charge in [0.2, 0.25) is 0 Å². The smallest absolute Gasteiger partial charge is 0.198 e. The minimum Gasteiger partial charge on any atom is -0.198 e. The molecule has 14 heteroatoms. The molecular formula is C6H2F13N. The van der Waals surface area contributed by atoms with Crippen molar-refractivity contribution in [1.29, 1.82) is 0 Å². The first-order valence-corrected chi connectivity index (χ1v) is 4.07. The highest BCUT2D eigenvalue weighted by molar-refractivity contribution is 4.93. The van der Waals surface area contributed by atoms with Gasteiger partial charge in [-0.3, -0.25) is 0 Å². The van der Waals surface area contributed by atoms with Crippen molar-refractivity contribution in [2.24, 2.45) is 0 Å². The fraction of sp³-hybridized carbons (Fsp3) is 1.00. The van der Waals surface area contributed by atoms with Gasteiger partial charge in [-0.05, 0) is 0 Å². The molecule has 122 valence electrons. The highest BCUT2D eigenvalue weighted by atomic mass is 19.4. The van der Waals surface area contributed by atoms with Crippen LogP contribution in [0.15, 0.2) is 0 Å². The maximum absolute atomic E-state index is 12.5. The molecule has 0 radical (unpaired) electrons. The van der Waals surface area contributed by atoms with Crippen molar-refractivity contribution in [3.8, 4) is 0 Å². The quantitative estimate of drug-likeness (QED) is 0.553. The van der Waals surface area contributed by atoms with Crippen LogP contribution in [0.2, 0.25) is 0 Å². The first-order valence-electron chi connectivity index (χ1n) is 4.07. The van der Waals surface area contributed by atoms with Gasteiger partial charge in [0, 0.05) is 0 Å². The van der Waals surface area contributed by atoms with Crippen LogP contribution in [0, 0.1) is 0 Å². The van der Waals surface area contributed by atoms with Crippen LogP contribution in [0.5, 0.6) is 0 Å². The van der Waals surface area contributed by atoms with Gasteiger partial charge in [-0.1, -0.05) is 0 Å². The lowest BCUT2D eigenvalue weighted by atomic mass is 10.1. The van der Waals surface area contributed by atoms with Gasteiger partial charge in [-0.2, -0.15) is 57.1 Å². The molecule has 0 rings (SSSR count). The van der Waals surface area contributed by atoms with Crippen LogP contribution < -0.4 is 0 Å². The highest BCUT2D eigenvalue weighted by Crippen LogP contribution is 2.48. The number of hydrogen-bond donors (Lipinski definition) is 0. The summed E-state index contributed by atoms with van der Waals surface area (Å²) >= 11 is 0. The van der Waals surface area contributed by atoms with Crippen molar-refractivity contribution in [3.63, 3.8) is 0 Å². The second-order valence-corrected chi connectivity index (χ2v) is 3.30. The van der Waals surface area contributed by atoms with E-state index >= 15 is 0 Å². The summed E-state index contributed by atoms with van der Waals surface area (Å²) in [6, 6.07) is 0. The molecule has 0 bridgehead atoms. The van der Waals surface area contributed by atoms with E-state index in [1.165, 1.54) is 0 Å². The largest absolute Gasteiger partial charge is 0.467 e. The van der Waals surface area contributed by atoms with Crippen molar-refractivity contribution in [2.75, 3.05) is 6.54 Å². The zero-order valence-electron chi connectivity index (χ0n) is 8.57. The fourth-order valence-electron chi connectivity index (χ4n) is 0.828. The molecule has 0 fully saturated rings. The van der Waals surface area contributed by atoms with Crippen LogP contribution in [0.1, 0.15) is 0 Å². The standard InChI is InChI=1S/C6H2F13N/c7-2(8,3(9,10)4(11,12)13)1-20(5(14,15)16)6(17,18)19/h1H2. The lowest BCUT2D eigenvalue weighted by molar-refractivity contribution is -0.408. The van der Waals surface area contributed by atoms with E-state index in [0.717, 1.165) is 0 Å². The molecule has 0 unspecified atom stereocenters. The SMILES string of the molecule is FC(F)(F)N(CC(F)(F)C(F)(F)C(F)(F)F)C(F)(F)F. The molecule has 0 atom stereocenters. The monoisotopic (exact) mass is 335 g/mol. The van der Waals surface area contributed by atoms with E-state index < -0.39 is 42.1 Å². The van der Waals surface area contributed by atoms with E-state index in [4.69, 9.17) is 0 Å². The Balaban J connectivity index is 5.55. The Kier molecular flexibility index (Phi) is 4.58. The Morgan fingerprint density at radius 2 is 0.850 bits per heavy atom. The second-order valence-electron chi connectivity index (χ2n) is 3.30. The molecule has 0 aromatic carbocycles. The van der Waals surface area contributed by atoms with Crippen molar-refractivity contribution < 1.29 is 57.1 Å². The molecule has 0 saturated carbocycles. The lowest BCUT2D eigenvalue weighted by Crippen LogP contribution is -2.61. The molecule has 0 aromatic rings. The van der Waals surface area contributed by atoms with Crippen molar-refractivity contribution in [1.82, 2.24) is 4.90 Å². The molecule has 0 aliphatic carbocycles. The van der Waals surface area contributed by atoms with E-state index in [1.807, 2.05) is 0 Å². The fourth-order valence-corrected chi connectivity index (χ4v) is 0.828. The summed E-state index contributed by atoms with van der Waals surface area (Å²) in [7, 11) is 0. The zero-order valence-corrected chi connectivity index (χ0v) is 8.57. The number of alkyl halides is 13. The summed E-state index contributed by atoms with van der Waals surface area (Å²) < 4.78 is 155. The van der Waals surface area contributed by atoms with Gasteiger partial charge in [0.15, 0.2) is 0 Å². The molecule has 0 spiro atoms. The molecule has 0 N–H and O–H groups in total. The Morgan fingerprint density at radius 1 is 0.550 bits per heavy atom. The van der Waals surface area contributed by atoms with Crippen LogP contribution in [0.3, 0.4) is 0 Å². The first kappa shape index (κ1) is 19.1. The normalized spacial score (nSPS) is 15.9. The molecule has 1 nitrogen and oxygen atoms in total. The van der Waals surface area contributed by atoms with Gasteiger partial charge in [-0.15, -0.1) is 4.90 Å². The van der Waals surface area contributed by atoms with E-state index in [-0.39, 0.29) is 0 Å². The predicted molar refractivity (Wildman–Crippen MR) is 34.8 cm³/mol. The van der Waals surface area contributed by atoms with Gasteiger partial charge in [0.25, 0.3) is 0 Å². The Bertz CT molecular complexity index is 318. The third-order valence-corrected chi connectivity index (χ3v) is 1.78. The minimum absolute atomic E-state index is 3.07. The van der Waals surface area contributed by atoms with E-state index in [9.17, 15) is 57.1 Å². The van der Waals surface area contributed by atoms with Crippen molar-refractivity contribution in [2.45, 2.75) is 30.6 Å². The van der Waals surface area contributed by atoms with Crippen molar-refractivity contribution >= 4 is 0 Å². The molecule has 0 aliphatic rings. The van der Waals surface area contributed by atoms with Crippen molar-refractivity contribution in [3.05, 3.63) is 0 Å². The van der Waals surface area contributed by atoms with Crippen LogP contribution in [-0.4, -0.2) is 42.1 Å². The van der Waals surface area contributed by atoms with Gasteiger partial charge in [-0.25, -0.2) is 0 Å². The first-order chi connectivity index (χ1) is 8.34. The van der Waals surface area contributed by atoms with Gasteiger partial charge < -0.3 is 0 Å². The summed E-state index contributed by atoms with van der Waals surface area (Å²) in [6.45, 7) is -3.94. The third kappa shape index (κ3) is 3.79. The summed E-state index contributed by atoms with van der Waals surface area (Å²) in [5.41, 5.74) is 0. The molecule has 0 aromatic heterocycles. The summed E-state index contributed by atoms with van der Waals surface area (Å²) in [6.07, 6.45) is -20.3. The van der Waals surface area contributed by atoms with Crippen LogP contribution in [0.4, 0.5) is 57.1 Å². The molecule has 0 amide bonds. The molecule has 0 saturated heterocycles. The van der Waals surface area contributed by atoms with Gasteiger partial charge >= 0.3 is 30.6 Å². The maximum Gasteiger partial charge on any atom is 0.467 e. The summed E-state index contributed by atoms with van der Waals surface area (Å²) in [5, 5.41) is 0. The predicted octanol–water partition coefficient (Wildman–Crippen LogP) is 4.16. The molecule has 0 aliphatic heterocycles. The summed E-state index contributed by atoms with van der Waals surface area (Å²) in [4.78, 5) is -3.07. The molecule has 20 heavy (non-hydrogen) atoms. The average Bonchev–Trinajstić information content (AvgIpc) is 2.08. The minimum atomic E-state index is -7.07. The Hall–Kier alpha value is -0.950. The topological polar surface area (TPSA) is 3.24 Å². The number of rotatable bonds is 3. The van der Waals surface area contributed by atoms with Gasteiger partial charge in [0.05, 0.1) is 6.54 Å². The highest BCUT2D eigenvalue weighted by Gasteiger charge is 2.75. The van der Waals surface area contributed by atoms with Gasteiger partial charge in [0.1, 0.15) is 0 Å².